The molecule has 1 saturated heterocycles. The van der Waals surface area contributed by atoms with Gasteiger partial charge in [-0.3, -0.25) is 19.9 Å². The molecule has 174 valence electrons. The molecule has 0 saturated carbocycles. The minimum atomic E-state index is -0.387. The van der Waals surface area contributed by atoms with Gasteiger partial charge in [-0.2, -0.15) is 0 Å². The van der Waals surface area contributed by atoms with Crippen molar-refractivity contribution in [2.75, 3.05) is 50.7 Å². The molecule has 2 heterocycles. The predicted molar refractivity (Wildman–Crippen MR) is 129 cm³/mol. The highest BCUT2D eigenvalue weighted by Gasteiger charge is 2.19. The van der Waals surface area contributed by atoms with E-state index in [1.807, 2.05) is 6.07 Å². The molecule has 3 aromatic rings. The average molecular weight is 450 g/mol. The van der Waals surface area contributed by atoms with E-state index >= 15 is 0 Å². The van der Waals surface area contributed by atoms with E-state index in [0.717, 1.165) is 58.0 Å². The Morgan fingerprint density at radius 3 is 2.52 bits per heavy atom. The van der Waals surface area contributed by atoms with Gasteiger partial charge in [-0.05, 0) is 44.3 Å². The Bertz CT molecular complexity index is 1030. The number of benzene rings is 2. The number of rotatable bonds is 10. The summed E-state index contributed by atoms with van der Waals surface area (Å²) in [6.45, 7) is 10.0. The van der Waals surface area contributed by atoms with Gasteiger partial charge in [-0.1, -0.05) is 42.4 Å². The van der Waals surface area contributed by atoms with E-state index < -0.39 is 0 Å². The fourth-order valence-electron chi connectivity index (χ4n) is 4.32. The average Bonchev–Trinajstić information content (AvgIpc) is 3.33. The molecule has 0 spiro atoms. The molecule has 0 radical (unpaired) electrons. The van der Waals surface area contributed by atoms with Crippen LogP contribution < -0.4 is 4.90 Å². The van der Waals surface area contributed by atoms with E-state index in [1.54, 1.807) is 18.2 Å². The van der Waals surface area contributed by atoms with Crippen LogP contribution >= 0.6 is 0 Å². The number of hydrogen-bond donors (Lipinski definition) is 0. The molecule has 1 aliphatic rings. The number of nitro groups is 1. The second-order valence-corrected chi connectivity index (χ2v) is 8.34. The first kappa shape index (κ1) is 22.9. The molecule has 0 unspecified atom stereocenters. The van der Waals surface area contributed by atoms with Crippen molar-refractivity contribution in [3.05, 3.63) is 76.5 Å². The van der Waals surface area contributed by atoms with Gasteiger partial charge in [0.25, 0.3) is 5.69 Å². The summed E-state index contributed by atoms with van der Waals surface area (Å²) in [4.78, 5) is 18.2. The summed E-state index contributed by atoms with van der Waals surface area (Å²) >= 11 is 0. The quantitative estimate of drug-likeness (QED) is 0.338. The van der Waals surface area contributed by atoms with Crippen molar-refractivity contribution in [3.8, 4) is 11.3 Å². The highest BCUT2D eigenvalue weighted by atomic mass is 16.6. The highest BCUT2D eigenvalue weighted by Crippen LogP contribution is 2.29. The van der Waals surface area contributed by atoms with E-state index in [-0.39, 0.29) is 10.6 Å². The first-order valence-electron chi connectivity index (χ1n) is 11.6. The van der Waals surface area contributed by atoms with Crippen molar-refractivity contribution < 1.29 is 9.45 Å². The maximum absolute atomic E-state index is 11.3. The molecular formula is C25H31N5O3. The number of piperazine rings is 1. The standard InChI is InChI=1S/C25H31N5O3/c1-2-27(13-8-14-28-15-17-29(18-16-28)21-9-4-3-5-10-21)20-22-19-24(26-33-22)23-11-6-7-12-25(23)30(31)32/h3-7,9-12,19H,2,8,13-18,20H2,1H3. The Labute approximate surface area is 194 Å². The first-order valence-corrected chi connectivity index (χ1v) is 11.6. The maximum Gasteiger partial charge on any atom is 0.278 e. The van der Waals surface area contributed by atoms with E-state index in [1.165, 1.54) is 11.8 Å². The van der Waals surface area contributed by atoms with Crippen molar-refractivity contribution in [3.63, 3.8) is 0 Å². The van der Waals surface area contributed by atoms with Crippen molar-refractivity contribution in [2.24, 2.45) is 0 Å². The van der Waals surface area contributed by atoms with Gasteiger partial charge in [-0.15, -0.1) is 0 Å². The van der Waals surface area contributed by atoms with Gasteiger partial charge in [0.2, 0.25) is 0 Å². The third-order valence-corrected chi connectivity index (χ3v) is 6.20. The summed E-state index contributed by atoms with van der Waals surface area (Å²) < 4.78 is 5.51. The van der Waals surface area contributed by atoms with Crippen LogP contribution in [0.25, 0.3) is 11.3 Å². The number of nitrogens with zero attached hydrogens (tertiary/aromatic N) is 5. The third-order valence-electron chi connectivity index (χ3n) is 6.20. The molecule has 33 heavy (non-hydrogen) atoms. The normalized spacial score (nSPS) is 14.7. The molecule has 0 bridgehead atoms. The second-order valence-electron chi connectivity index (χ2n) is 8.34. The van der Waals surface area contributed by atoms with Gasteiger partial charge in [0, 0.05) is 44.0 Å². The van der Waals surface area contributed by atoms with Crippen molar-refractivity contribution in [1.82, 2.24) is 15.0 Å². The summed E-state index contributed by atoms with van der Waals surface area (Å²) in [7, 11) is 0. The lowest BCUT2D eigenvalue weighted by Crippen LogP contribution is -2.47. The Morgan fingerprint density at radius 2 is 1.79 bits per heavy atom. The van der Waals surface area contributed by atoms with Gasteiger partial charge in [-0.25, -0.2) is 0 Å². The molecular weight excluding hydrogens is 418 g/mol. The van der Waals surface area contributed by atoms with Crippen LogP contribution in [0.15, 0.2) is 65.2 Å². The molecule has 2 aromatic carbocycles. The molecule has 0 N–H and O–H groups in total. The summed E-state index contributed by atoms with van der Waals surface area (Å²) in [5.41, 5.74) is 2.33. The van der Waals surface area contributed by atoms with Crippen LogP contribution in [0.2, 0.25) is 0 Å². The van der Waals surface area contributed by atoms with E-state index in [0.29, 0.717) is 17.8 Å². The van der Waals surface area contributed by atoms with Gasteiger partial charge >= 0.3 is 0 Å². The van der Waals surface area contributed by atoms with Crippen LogP contribution in [0.3, 0.4) is 0 Å². The van der Waals surface area contributed by atoms with E-state index in [9.17, 15) is 10.1 Å². The fourth-order valence-corrected chi connectivity index (χ4v) is 4.32. The predicted octanol–water partition coefficient (Wildman–Crippen LogP) is 4.28. The minimum absolute atomic E-state index is 0.0389. The van der Waals surface area contributed by atoms with Crippen LogP contribution in [0.4, 0.5) is 11.4 Å². The minimum Gasteiger partial charge on any atom is -0.369 e. The third kappa shape index (κ3) is 5.97. The summed E-state index contributed by atoms with van der Waals surface area (Å²) in [5, 5.41) is 15.4. The molecule has 8 nitrogen and oxygen atoms in total. The van der Waals surface area contributed by atoms with Crippen LogP contribution in [-0.2, 0) is 6.54 Å². The number of nitro benzene ring substituents is 1. The zero-order valence-electron chi connectivity index (χ0n) is 19.1. The van der Waals surface area contributed by atoms with Crippen LogP contribution in [0.5, 0.6) is 0 Å². The summed E-state index contributed by atoms with van der Waals surface area (Å²) in [6.07, 6.45) is 1.09. The number of para-hydroxylation sites is 2. The highest BCUT2D eigenvalue weighted by molar-refractivity contribution is 5.70. The number of aromatic nitrogens is 1. The van der Waals surface area contributed by atoms with Gasteiger partial charge in [0.1, 0.15) is 5.69 Å². The van der Waals surface area contributed by atoms with Gasteiger partial charge in [0.05, 0.1) is 17.0 Å². The molecule has 1 fully saturated rings. The Hall–Kier alpha value is -3.23. The molecule has 0 aliphatic carbocycles. The fraction of sp³-hybridized carbons (Fsp3) is 0.400. The van der Waals surface area contributed by atoms with E-state index in [2.05, 4.69) is 57.1 Å². The van der Waals surface area contributed by atoms with Gasteiger partial charge in [0.15, 0.2) is 5.76 Å². The van der Waals surface area contributed by atoms with Gasteiger partial charge < -0.3 is 9.42 Å². The molecule has 1 aliphatic heterocycles. The molecule has 4 rings (SSSR count). The van der Waals surface area contributed by atoms with Crippen molar-refractivity contribution in [1.29, 1.82) is 0 Å². The first-order chi connectivity index (χ1) is 16.1. The molecule has 0 atom stereocenters. The topological polar surface area (TPSA) is 78.9 Å². The SMILES string of the molecule is CCN(CCCN1CCN(c2ccccc2)CC1)Cc1cc(-c2ccccc2[N+](=O)[O-])no1. The van der Waals surface area contributed by atoms with Crippen molar-refractivity contribution >= 4 is 11.4 Å². The smallest absolute Gasteiger partial charge is 0.278 e. The lowest BCUT2D eigenvalue weighted by molar-refractivity contribution is -0.384. The number of hydrogen-bond acceptors (Lipinski definition) is 7. The Morgan fingerprint density at radius 1 is 1.06 bits per heavy atom. The summed E-state index contributed by atoms with van der Waals surface area (Å²) in [6, 6.07) is 19.0. The molecule has 0 amide bonds. The second kappa shape index (κ2) is 11.1. The van der Waals surface area contributed by atoms with Crippen molar-refractivity contribution in [2.45, 2.75) is 19.9 Å². The molecule has 8 heteroatoms. The largest absolute Gasteiger partial charge is 0.369 e. The number of anilines is 1. The Balaban J connectivity index is 1.24. The lowest BCUT2D eigenvalue weighted by atomic mass is 10.1. The zero-order chi connectivity index (χ0) is 23.0. The van der Waals surface area contributed by atoms with E-state index in [4.69, 9.17) is 4.52 Å². The van der Waals surface area contributed by atoms with Crippen LogP contribution in [-0.4, -0.2) is 65.7 Å². The Kier molecular flexibility index (Phi) is 7.70. The maximum atomic E-state index is 11.3. The summed E-state index contributed by atoms with van der Waals surface area (Å²) in [5.74, 6) is 0.724. The lowest BCUT2D eigenvalue weighted by Gasteiger charge is -2.36. The monoisotopic (exact) mass is 449 g/mol. The molecule has 1 aromatic heterocycles. The van der Waals surface area contributed by atoms with Crippen LogP contribution in [0.1, 0.15) is 19.1 Å². The zero-order valence-corrected chi connectivity index (χ0v) is 19.1. The van der Waals surface area contributed by atoms with Crippen LogP contribution in [0, 0.1) is 10.1 Å².